The van der Waals surface area contributed by atoms with Crippen LogP contribution in [-0.2, 0) is 6.42 Å². The molecule has 0 unspecified atom stereocenters. The molecule has 1 heterocycles. The second-order valence-electron chi connectivity index (χ2n) is 2.70. The van der Waals surface area contributed by atoms with E-state index in [1.807, 2.05) is 6.92 Å². The average Bonchev–Trinajstić information content (AvgIpc) is 2.02. The first-order valence-corrected chi connectivity index (χ1v) is 3.99. The summed E-state index contributed by atoms with van der Waals surface area (Å²) in [6.45, 7) is 3.61. The Morgan fingerprint density at radius 1 is 1.46 bits per heavy atom. The normalized spacial score (nSPS) is 10.0. The number of carbonyl (C=O) groups excluding carboxylic acids is 1. The molecule has 0 aliphatic heterocycles. The number of nitrogen functional groups attached to an aromatic ring is 1. The number of aromatic nitrogens is 2. The lowest BCUT2D eigenvalue weighted by Gasteiger charge is -2.05. The molecule has 5 heteroatoms. The fourth-order valence-corrected chi connectivity index (χ4v) is 1.12. The van der Waals surface area contributed by atoms with Gasteiger partial charge in [0.1, 0.15) is 17.2 Å². The number of amides is 1. The zero-order valence-electron chi connectivity index (χ0n) is 7.66. The molecule has 4 N–H and O–H groups in total. The van der Waals surface area contributed by atoms with Gasteiger partial charge in [0.15, 0.2) is 0 Å². The van der Waals surface area contributed by atoms with Crippen LogP contribution < -0.4 is 11.5 Å². The molecule has 1 rings (SSSR count). The first kappa shape index (κ1) is 9.44. The molecule has 13 heavy (non-hydrogen) atoms. The number of nitrogens with two attached hydrogens (primary N) is 2. The Morgan fingerprint density at radius 2 is 2.08 bits per heavy atom. The van der Waals surface area contributed by atoms with E-state index < -0.39 is 5.91 Å². The third-order valence-corrected chi connectivity index (χ3v) is 1.73. The third kappa shape index (κ3) is 1.74. The maximum absolute atomic E-state index is 10.9. The molecule has 0 aliphatic rings. The molecule has 0 fully saturated rings. The molecule has 0 aromatic carbocycles. The molecule has 1 aromatic rings. The molecule has 0 saturated heterocycles. The molecule has 5 nitrogen and oxygen atoms in total. The third-order valence-electron chi connectivity index (χ3n) is 1.73. The molecule has 1 aromatic heterocycles. The summed E-state index contributed by atoms with van der Waals surface area (Å²) in [4.78, 5) is 18.9. The highest BCUT2D eigenvalue weighted by atomic mass is 16.1. The molecule has 0 spiro atoms. The molecule has 1 amide bonds. The van der Waals surface area contributed by atoms with Crippen LogP contribution in [0.2, 0.25) is 0 Å². The Bertz CT molecular complexity index is 325. The monoisotopic (exact) mass is 180 g/mol. The fourth-order valence-electron chi connectivity index (χ4n) is 1.12. The van der Waals surface area contributed by atoms with Gasteiger partial charge in [0.25, 0.3) is 5.91 Å². The Kier molecular flexibility index (Phi) is 2.46. The van der Waals surface area contributed by atoms with Crippen LogP contribution in [0, 0.1) is 6.92 Å². The van der Waals surface area contributed by atoms with E-state index in [-0.39, 0.29) is 11.4 Å². The molecule has 0 radical (unpaired) electrons. The number of aryl methyl sites for hydroxylation is 2. The second kappa shape index (κ2) is 3.38. The van der Waals surface area contributed by atoms with Gasteiger partial charge in [-0.2, -0.15) is 0 Å². The van der Waals surface area contributed by atoms with E-state index >= 15 is 0 Å². The van der Waals surface area contributed by atoms with Crippen LogP contribution in [0.25, 0.3) is 0 Å². The van der Waals surface area contributed by atoms with Gasteiger partial charge >= 0.3 is 0 Å². The number of nitrogens with zero attached hydrogens (tertiary/aromatic N) is 2. The minimum absolute atomic E-state index is 0.164. The number of hydrogen-bond acceptors (Lipinski definition) is 4. The topological polar surface area (TPSA) is 94.9 Å². The lowest BCUT2D eigenvalue weighted by Crippen LogP contribution is -2.18. The molecular weight excluding hydrogens is 168 g/mol. The minimum Gasteiger partial charge on any atom is -0.383 e. The van der Waals surface area contributed by atoms with Crippen LogP contribution >= 0.6 is 0 Å². The number of carbonyl (C=O) groups is 1. The largest absolute Gasteiger partial charge is 0.383 e. The zero-order chi connectivity index (χ0) is 10.0. The zero-order valence-corrected chi connectivity index (χ0v) is 7.66. The van der Waals surface area contributed by atoms with Gasteiger partial charge in [0, 0.05) is 6.42 Å². The van der Waals surface area contributed by atoms with Crippen molar-refractivity contribution in [3.63, 3.8) is 0 Å². The summed E-state index contributed by atoms with van der Waals surface area (Å²) in [5.41, 5.74) is 11.4. The van der Waals surface area contributed by atoms with E-state index in [2.05, 4.69) is 9.97 Å². The van der Waals surface area contributed by atoms with Crippen LogP contribution in [0.5, 0.6) is 0 Å². The summed E-state index contributed by atoms with van der Waals surface area (Å²) in [6.07, 6.45) is 0.685. The van der Waals surface area contributed by atoms with Crippen molar-refractivity contribution in [2.45, 2.75) is 20.3 Å². The van der Waals surface area contributed by atoms with Gasteiger partial charge in [-0.25, -0.2) is 9.97 Å². The highest BCUT2D eigenvalue weighted by molar-refractivity contribution is 5.98. The first-order chi connectivity index (χ1) is 6.06. The molecule has 0 saturated carbocycles. The van der Waals surface area contributed by atoms with Crippen molar-refractivity contribution < 1.29 is 4.79 Å². The van der Waals surface area contributed by atoms with E-state index in [9.17, 15) is 4.79 Å². The van der Waals surface area contributed by atoms with Crippen LogP contribution in [0.4, 0.5) is 5.82 Å². The van der Waals surface area contributed by atoms with Gasteiger partial charge in [-0.3, -0.25) is 4.79 Å². The molecule has 0 aliphatic carbocycles. The molecule has 0 atom stereocenters. The lowest BCUT2D eigenvalue weighted by molar-refractivity contribution is 0.1000. The van der Waals surface area contributed by atoms with Crippen LogP contribution in [0.3, 0.4) is 0 Å². The van der Waals surface area contributed by atoms with E-state index in [0.29, 0.717) is 17.9 Å². The van der Waals surface area contributed by atoms with E-state index in [0.717, 1.165) is 0 Å². The molecular formula is C8H12N4O. The lowest BCUT2D eigenvalue weighted by atomic mass is 10.2. The van der Waals surface area contributed by atoms with Crippen LogP contribution in [-0.4, -0.2) is 15.9 Å². The van der Waals surface area contributed by atoms with Gasteiger partial charge in [-0.05, 0) is 6.92 Å². The van der Waals surface area contributed by atoms with Crippen molar-refractivity contribution >= 4 is 11.7 Å². The number of primary amides is 1. The summed E-state index contributed by atoms with van der Waals surface area (Å²) in [7, 11) is 0. The predicted octanol–water partition coefficient (Wildman–Crippen LogP) is 0.0285. The van der Waals surface area contributed by atoms with Crippen molar-refractivity contribution in [3.8, 4) is 0 Å². The summed E-state index contributed by atoms with van der Waals surface area (Å²) in [5, 5.41) is 0. The highest BCUT2D eigenvalue weighted by Gasteiger charge is 2.12. The predicted molar refractivity (Wildman–Crippen MR) is 49.1 cm³/mol. The number of rotatable bonds is 2. The van der Waals surface area contributed by atoms with Crippen molar-refractivity contribution in [3.05, 3.63) is 17.1 Å². The maximum Gasteiger partial charge on any atom is 0.254 e. The maximum atomic E-state index is 10.9. The summed E-state index contributed by atoms with van der Waals surface area (Å²) >= 11 is 0. The van der Waals surface area contributed by atoms with E-state index in [4.69, 9.17) is 11.5 Å². The van der Waals surface area contributed by atoms with Gasteiger partial charge in [0.05, 0.1) is 5.69 Å². The van der Waals surface area contributed by atoms with Crippen molar-refractivity contribution in [2.24, 2.45) is 5.73 Å². The van der Waals surface area contributed by atoms with Crippen molar-refractivity contribution in [1.82, 2.24) is 9.97 Å². The Hall–Kier alpha value is -1.65. The van der Waals surface area contributed by atoms with Crippen LogP contribution in [0.1, 0.15) is 28.8 Å². The van der Waals surface area contributed by atoms with Gasteiger partial charge in [0.2, 0.25) is 0 Å². The van der Waals surface area contributed by atoms with Crippen LogP contribution in [0.15, 0.2) is 0 Å². The summed E-state index contributed by atoms with van der Waals surface area (Å²) in [6, 6.07) is 0. The fraction of sp³-hybridized carbons (Fsp3) is 0.375. The van der Waals surface area contributed by atoms with E-state index in [1.54, 1.807) is 6.92 Å². The first-order valence-electron chi connectivity index (χ1n) is 3.99. The Labute approximate surface area is 76.2 Å². The van der Waals surface area contributed by atoms with Gasteiger partial charge in [-0.15, -0.1) is 0 Å². The second-order valence-corrected chi connectivity index (χ2v) is 2.70. The van der Waals surface area contributed by atoms with Crippen molar-refractivity contribution in [1.29, 1.82) is 0 Å². The Balaban J connectivity index is 3.31. The summed E-state index contributed by atoms with van der Waals surface area (Å²) < 4.78 is 0. The summed E-state index contributed by atoms with van der Waals surface area (Å²) in [5.74, 6) is 0.203. The van der Waals surface area contributed by atoms with Gasteiger partial charge in [-0.1, -0.05) is 6.92 Å². The number of anilines is 1. The average molecular weight is 180 g/mol. The standard InChI is InChI=1S/C8H12N4O/c1-3-5-11-4(2)6(8(10)13)7(9)12-5/h3H2,1-2H3,(H2,10,13)(H2,9,11,12). The minimum atomic E-state index is -0.586. The quantitative estimate of drug-likeness (QED) is 0.671. The van der Waals surface area contributed by atoms with E-state index in [1.165, 1.54) is 0 Å². The molecule has 70 valence electrons. The smallest absolute Gasteiger partial charge is 0.254 e. The number of hydrogen-bond donors (Lipinski definition) is 2. The van der Waals surface area contributed by atoms with Gasteiger partial charge < -0.3 is 11.5 Å². The SMILES string of the molecule is CCc1nc(C)c(C(N)=O)c(N)n1. The molecule has 0 bridgehead atoms. The Morgan fingerprint density at radius 3 is 2.46 bits per heavy atom. The van der Waals surface area contributed by atoms with Crippen molar-refractivity contribution in [2.75, 3.05) is 5.73 Å². The highest BCUT2D eigenvalue weighted by Crippen LogP contribution is 2.11.